The number of hydrogen-bond donors (Lipinski definition) is 1. The number of nitrogens with zero attached hydrogens (tertiary/aromatic N) is 2. The molecule has 2 N–H and O–H groups in total. The second-order valence-corrected chi connectivity index (χ2v) is 4.58. The minimum absolute atomic E-state index is 0.121. The molecule has 0 aliphatic carbocycles. The van der Waals surface area contributed by atoms with Crippen molar-refractivity contribution in [1.82, 2.24) is 9.80 Å². The van der Waals surface area contributed by atoms with E-state index in [2.05, 4.69) is 18.9 Å². The van der Waals surface area contributed by atoms with Crippen molar-refractivity contribution in [3.8, 4) is 0 Å². The molecule has 96 valence electrons. The maximum Gasteiger partial charge on any atom is 0.219 e. The zero-order valence-corrected chi connectivity index (χ0v) is 11.2. The van der Waals surface area contributed by atoms with Gasteiger partial charge in [0.25, 0.3) is 0 Å². The summed E-state index contributed by atoms with van der Waals surface area (Å²) in [5, 5.41) is 0. The summed E-state index contributed by atoms with van der Waals surface area (Å²) in [5.74, 6) is 0.121. The van der Waals surface area contributed by atoms with E-state index in [9.17, 15) is 4.79 Å². The summed E-state index contributed by atoms with van der Waals surface area (Å²) in [7, 11) is 3.91. The van der Waals surface area contributed by atoms with Gasteiger partial charge in [0.1, 0.15) is 0 Å². The first kappa shape index (κ1) is 15.4. The van der Waals surface area contributed by atoms with Crippen LogP contribution < -0.4 is 5.73 Å². The highest BCUT2D eigenvalue weighted by Crippen LogP contribution is 1.99. The number of hydrogen-bond acceptors (Lipinski definition) is 3. The van der Waals surface area contributed by atoms with Gasteiger partial charge >= 0.3 is 0 Å². The fourth-order valence-electron chi connectivity index (χ4n) is 1.49. The molecule has 0 saturated carbocycles. The van der Waals surface area contributed by atoms with Crippen LogP contribution in [0.1, 0.15) is 33.1 Å². The fraction of sp³-hybridized carbons (Fsp3) is 0.917. The van der Waals surface area contributed by atoms with Crippen molar-refractivity contribution >= 4 is 5.91 Å². The van der Waals surface area contributed by atoms with Gasteiger partial charge in [-0.2, -0.15) is 0 Å². The summed E-state index contributed by atoms with van der Waals surface area (Å²) in [4.78, 5) is 15.0. The summed E-state index contributed by atoms with van der Waals surface area (Å²) in [6, 6.07) is 0.318. The molecule has 1 amide bonds. The van der Waals surface area contributed by atoms with E-state index < -0.39 is 0 Å². The van der Waals surface area contributed by atoms with E-state index >= 15 is 0 Å². The Balaban J connectivity index is 3.58. The van der Waals surface area contributed by atoms with E-state index in [1.165, 1.54) is 0 Å². The maximum absolute atomic E-state index is 11.0. The summed E-state index contributed by atoms with van der Waals surface area (Å²) in [6.07, 6.45) is 3.28. The highest BCUT2D eigenvalue weighted by molar-refractivity contribution is 5.72. The Morgan fingerprint density at radius 3 is 2.31 bits per heavy atom. The van der Waals surface area contributed by atoms with E-state index in [0.717, 1.165) is 38.9 Å². The van der Waals surface area contributed by atoms with Crippen LogP contribution in [0.25, 0.3) is 0 Å². The minimum Gasteiger partial charge on any atom is -0.345 e. The van der Waals surface area contributed by atoms with Crippen LogP contribution in [0, 0.1) is 0 Å². The lowest BCUT2D eigenvalue weighted by Crippen LogP contribution is -2.35. The third-order valence-corrected chi connectivity index (χ3v) is 2.90. The van der Waals surface area contributed by atoms with Crippen molar-refractivity contribution in [2.45, 2.75) is 39.2 Å². The Kier molecular flexibility index (Phi) is 8.21. The molecule has 4 heteroatoms. The maximum atomic E-state index is 11.0. The molecule has 0 aromatic rings. The molecule has 0 aliphatic rings. The van der Waals surface area contributed by atoms with Gasteiger partial charge in [-0.25, -0.2) is 0 Å². The van der Waals surface area contributed by atoms with Gasteiger partial charge in [-0.05, 0) is 26.4 Å². The summed E-state index contributed by atoms with van der Waals surface area (Å²) < 4.78 is 0. The number of carbonyl (C=O) groups excluding carboxylic acids is 1. The van der Waals surface area contributed by atoms with Gasteiger partial charge in [0.2, 0.25) is 5.91 Å². The predicted octanol–water partition coefficient (Wildman–Crippen LogP) is 0.914. The summed E-state index contributed by atoms with van der Waals surface area (Å²) in [5.41, 5.74) is 5.95. The highest BCUT2D eigenvalue weighted by Gasteiger charge is 2.06. The van der Waals surface area contributed by atoms with Crippen LogP contribution in [0.2, 0.25) is 0 Å². The average Bonchev–Trinajstić information content (AvgIpc) is 2.23. The molecule has 0 heterocycles. The first-order valence-electron chi connectivity index (χ1n) is 6.13. The molecular formula is C12H27N3O. The molecule has 0 rings (SSSR count). The van der Waals surface area contributed by atoms with E-state index in [-0.39, 0.29) is 5.91 Å². The van der Waals surface area contributed by atoms with Crippen LogP contribution in [-0.4, -0.2) is 55.5 Å². The van der Waals surface area contributed by atoms with Crippen molar-refractivity contribution < 1.29 is 4.79 Å². The lowest BCUT2D eigenvalue weighted by molar-refractivity contribution is -0.127. The molecule has 1 atom stereocenters. The Hall–Kier alpha value is -0.610. The number of likely N-dealkylation sites (N-methyl/N-ethyl adjacent to an activating group) is 2. The normalized spacial score (nSPS) is 12.9. The molecular weight excluding hydrogens is 202 g/mol. The van der Waals surface area contributed by atoms with Gasteiger partial charge < -0.3 is 15.5 Å². The van der Waals surface area contributed by atoms with Crippen LogP contribution in [0.15, 0.2) is 0 Å². The molecule has 1 unspecified atom stereocenters. The van der Waals surface area contributed by atoms with Crippen molar-refractivity contribution in [2.75, 3.05) is 33.7 Å². The van der Waals surface area contributed by atoms with E-state index in [1.54, 1.807) is 11.8 Å². The molecule has 0 aliphatic heterocycles. The first-order valence-corrected chi connectivity index (χ1v) is 6.13. The van der Waals surface area contributed by atoms with Gasteiger partial charge in [-0.15, -0.1) is 0 Å². The second-order valence-electron chi connectivity index (χ2n) is 4.58. The summed E-state index contributed by atoms with van der Waals surface area (Å²) in [6.45, 7) is 6.46. The highest BCUT2D eigenvalue weighted by atomic mass is 16.2. The average molecular weight is 229 g/mol. The SMILES string of the molecule is CCCC(N)CCN(C)CCN(C)C(C)=O. The third kappa shape index (κ3) is 7.65. The van der Waals surface area contributed by atoms with Crippen molar-refractivity contribution in [3.63, 3.8) is 0 Å². The minimum atomic E-state index is 0.121. The largest absolute Gasteiger partial charge is 0.345 e. The van der Waals surface area contributed by atoms with Gasteiger partial charge in [0, 0.05) is 33.1 Å². The molecule has 0 saturated heterocycles. The smallest absolute Gasteiger partial charge is 0.219 e. The van der Waals surface area contributed by atoms with Crippen LogP contribution in [0.5, 0.6) is 0 Å². The predicted molar refractivity (Wildman–Crippen MR) is 68.3 cm³/mol. The second kappa shape index (κ2) is 8.53. The van der Waals surface area contributed by atoms with E-state index in [0.29, 0.717) is 6.04 Å². The molecule has 0 aromatic carbocycles. The molecule has 0 bridgehead atoms. The Bertz CT molecular complexity index is 197. The molecule has 4 nitrogen and oxygen atoms in total. The zero-order valence-electron chi connectivity index (χ0n) is 11.2. The number of amides is 1. The van der Waals surface area contributed by atoms with Crippen LogP contribution in [-0.2, 0) is 4.79 Å². The molecule has 0 fully saturated rings. The molecule has 16 heavy (non-hydrogen) atoms. The lowest BCUT2D eigenvalue weighted by Gasteiger charge is -2.22. The van der Waals surface area contributed by atoms with Crippen molar-refractivity contribution in [1.29, 1.82) is 0 Å². The lowest BCUT2D eigenvalue weighted by atomic mass is 10.1. The topological polar surface area (TPSA) is 49.6 Å². The number of nitrogens with two attached hydrogens (primary N) is 1. The van der Waals surface area contributed by atoms with E-state index in [4.69, 9.17) is 5.73 Å². The fourth-order valence-corrected chi connectivity index (χ4v) is 1.49. The van der Waals surface area contributed by atoms with Crippen molar-refractivity contribution in [3.05, 3.63) is 0 Å². The Morgan fingerprint density at radius 2 is 1.81 bits per heavy atom. The Labute approximate surface area is 99.8 Å². The zero-order chi connectivity index (χ0) is 12.6. The summed E-state index contributed by atoms with van der Waals surface area (Å²) >= 11 is 0. The van der Waals surface area contributed by atoms with Crippen molar-refractivity contribution in [2.24, 2.45) is 5.73 Å². The molecule has 0 aromatic heterocycles. The van der Waals surface area contributed by atoms with Gasteiger partial charge in [-0.3, -0.25) is 4.79 Å². The van der Waals surface area contributed by atoms with Crippen LogP contribution >= 0.6 is 0 Å². The Morgan fingerprint density at radius 1 is 1.19 bits per heavy atom. The standard InChI is InChI=1S/C12H27N3O/c1-5-6-12(13)7-8-14(3)9-10-15(4)11(2)16/h12H,5-10,13H2,1-4H3. The molecule has 0 radical (unpaired) electrons. The third-order valence-electron chi connectivity index (χ3n) is 2.90. The van der Waals surface area contributed by atoms with E-state index in [1.807, 2.05) is 7.05 Å². The van der Waals surface area contributed by atoms with Crippen LogP contribution in [0.4, 0.5) is 0 Å². The number of carbonyl (C=O) groups is 1. The van der Waals surface area contributed by atoms with Gasteiger partial charge in [-0.1, -0.05) is 13.3 Å². The number of rotatable bonds is 8. The molecule has 0 spiro atoms. The quantitative estimate of drug-likeness (QED) is 0.673. The monoisotopic (exact) mass is 229 g/mol. The van der Waals surface area contributed by atoms with Gasteiger partial charge in [0.05, 0.1) is 0 Å². The first-order chi connectivity index (χ1) is 7.47. The van der Waals surface area contributed by atoms with Gasteiger partial charge in [0.15, 0.2) is 0 Å². The van der Waals surface area contributed by atoms with Crippen LogP contribution in [0.3, 0.4) is 0 Å².